The zero-order chi connectivity index (χ0) is 21.3. The predicted molar refractivity (Wildman–Crippen MR) is 125 cm³/mol. The number of hydrogen-bond acceptors (Lipinski definition) is 2. The molecule has 1 heterocycles. The number of aryl methyl sites for hydroxylation is 2. The van der Waals surface area contributed by atoms with Crippen molar-refractivity contribution in [1.29, 1.82) is 0 Å². The topological polar surface area (TPSA) is 46.9 Å². The minimum absolute atomic E-state index is 0.111. The van der Waals surface area contributed by atoms with Crippen molar-refractivity contribution in [3.63, 3.8) is 0 Å². The summed E-state index contributed by atoms with van der Waals surface area (Å²) in [4.78, 5) is 17.6. The second-order valence-electron chi connectivity index (χ2n) is 7.68. The van der Waals surface area contributed by atoms with Crippen molar-refractivity contribution < 1.29 is 4.79 Å². The molecule has 4 aromatic rings. The van der Waals surface area contributed by atoms with E-state index < -0.39 is 0 Å². The lowest BCUT2D eigenvalue weighted by Crippen LogP contribution is -2.28. The van der Waals surface area contributed by atoms with Gasteiger partial charge in [0, 0.05) is 16.6 Å². The van der Waals surface area contributed by atoms with Gasteiger partial charge in [-0.1, -0.05) is 51.8 Å². The maximum atomic E-state index is 12.8. The summed E-state index contributed by atoms with van der Waals surface area (Å²) >= 11 is 3.41. The van der Waals surface area contributed by atoms with Crippen molar-refractivity contribution in [2.75, 3.05) is 0 Å². The van der Waals surface area contributed by atoms with Crippen molar-refractivity contribution in [3.8, 4) is 0 Å². The molecule has 1 N–H and O–H groups in total. The summed E-state index contributed by atoms with van der Waals surface area (Å²) in [5, 5.41) is 3.11. The van der Waals surface area contributed by atoms with Gasteiger partial charge in [0.15, 0.2) is 0 Å². The average Bonchev–Trinajstić information content (AvgIpc) is 3.10. The number of rotatable bonds is 5. The maximum absolute atomic E-state index is 12.8. The summed E-state index contributed by atoms with van der Waals surface area (Å²) in [5.41, 5.74) is 6.36. The smallest absolute Gasteiger partial charge is 0.251 e. The van der Waals surface area contributed by atoms with Crippen LogP contribution in [0.1, 0.15) is 45.8 Å². The normalized spacial score (nSPS) is 12.1. The fraction of sp³-hybridized carbons (Fsp3) is 0.200. The van der Waals surface area contributed by atoms with Gasteiger partial charge in [-0.05, 0) is 68.3 Å². The molecule has 4 rings (SSSR count). The zero-order valence-electron chi connectivity index (χ0n) is 17.3. The number of nitrogens with zero attached hydrogens (tertiary/aromatic N) is 2. The van der Waals surface area contributed by atoms with Crippen LogP contribution >= 0.6 is 15.9 Å². The highest BCUT2D eigenvalue weighted by Gasteiger charge is 2.19. The first-order valence-corrected chi connectivity index (χ1v) is 10.8. The van der Waals surface area contributed by atoms with Gasteiger partial charge in [-0.15, -0.1) is 0 Å². The molecule has 1 aromatic heterocycles. The summed E-state index contributed by atoms with van der Waals surface area (Å²) in [5.74, 6) is 0.739. The van der Waals surface area contributed by atoms with Gasteiger partial charge in [-0.25, -0.2) is 4.98 Å². The van der Waals surface area contributed by atoms with Crippen molar-refractivity contribution >= 4 is 32.9 Å². The Morgan fingerprint density at radius 2 is 1.80 bits per heavy atom. The van der Waals surface area contributed by atoms with Gasteiger partial charge in [0.05, 0.1) is 17.1 Å². The molecule has 0 radical (unpaired) electrons. The lowest BCUT2D eigenvalue weighted by Gasteiger charge is -2.18. The van der Waals surface area contributed by atoms with E-state index in [0.717, 1.165) is 21.3 Å². The highest BCUT2D eigenvalue weighted by Crippen LogP contribution is 2.24. The minimum Gasteiger partial charge on any atom is -0.342 e. The van der Waals surface area contributed by atoms with E-state index in [1.807, 2.05) is 49.4 Å². The number of benzene rings is 3. The predicted octanol–water partition coefficient (Wildman–Crippen LogP) is 5.95. The minimum atomic E-state index is -0.237. The van der Waals surface area contributed by atoms with E-state index in [-0.39, 0.29) is 11.9 Å². The third-order valence-electron chi connectivity index (χ3n) is 5.36. The highest BCUT2D eigenvalue weighted by atomic mass is 79.9. The lowest BCUT2D eigenvalue weighted by molar-refractivity contribution is 0.0937. The largest absolute Gasteiger partial charge is 0.342 e. The third-order valence-corrected chi connectivity index (χ3v) is 5.89. The molecule has 0 saturated carbocycles. The van der Waals surface area contributed by atoms with E-state index in [0.29, 0.717) is 12.1 Å². The molecule has 1 unspecified atom stereocenters. The first-order valence-electron chi connectivity index (χ1n) is 10.00. The maximum Gasteiger partial charge on any atom is 0.251 e. The van der Waals surface area contributed by atoms with Gasteiger partial charge in [-0.2, -0.15) is 0 Å². The number of aromatic nitrogens is 2. The Hall–Kier alpha value is -2.92. The van der Waals surface area contributed by atoms with Crippen LogP contribution in [0.25, 0.3) is 11.0 Å². The molecule has 0 bridgehead atoms. The van der Waals surface area contributed by atoms with E-state index in [4.69, 9.17) is 4.98 Å². The summed E-state index contributed by atoms with van der Waals surface area (Å²) in [6, 6.07) is 21.8. The van der Waals surface area contributed by atoms with Crippen molar-refractivity contribution in [2.24, 2.45) is 0 Å². The molecule has 152 valence electrons. The summed E-state index contributed by atoms with van der Waals surface area (Å²) in [6.45, 7) is 6.93. The fourth-order valence-corrected chi connectivity index (χ4v) is 3.94. The van der Waals surface area contributed by atoms with E-state index in [9.17, 15) is 4.79 Å². The number of hydrogen-bond donors (Lipinski definition) is 1. The Morgan fingerprint density at radius 1 is 1.07 bits per heavy atom. The summed E-state index contributed by atoms with van der Waals surface area (Å²) in [7, 11) is 0. The molecule has 0 saturated heterocycles. The van der Waals surface area contributed by atoms with Gasteiger partial charge in [-0.3, -0.25) is 4.79 Å². The molecule has 0 aliphatic rings. The number of amides is 1. The number of para-hydroxylation sites is 2. The van der Waals surface area contributed by atoms with Crippen LogP contribution in [0.5, 0.6) is 0 Å². The molecular weight excluding hydrogens is 438 g/mol. The second kappa shape index (κ2) is 8.44. The Kier molecular flexibility index (Phi) is 5.73. The number of nitrogens with one attached hydrogen (secondary N) is 1. The van der Waals surface area contributed by atoms with E-state index >= 15 is 0 Å². The first kappa shape index (κ1) is 20.4. The third kappa shape index (κ3) is 4.17. The Labute approximate surface area is 185 Å². The fourth-order valence-electron chi connectivity index (χ4n) is 3.68. The van der Waals surface area contributed by atoms with Crippen LogP contribution in [-0.2, 0) is 6.54 Å². The van der Waals surface area contributed by atoms with Crippen LogP contribution in [0, 0.1) is 13.8 Å². The molecule has 3 aromatic carbocycles. The number of halogens is 1. The van der Waals surface area contributed by atoms with Crippen LogP contribution in [0.15, 0.2) is 71.2 Å². The van der Waals surface area contributed by atoms with Gasteiger partial charge < -0.3 is 9.88 Å². The first-order chi connectivity index (χ1) is 14.4. The zero-order valence-corrected chi connectivity index (χ0v) is 18.9. The van der Waals surface area contributed by atoms with Crippen LogP contribution in [0.2, 0.25) is 0 Å². The van der Waals surface area contributed by atoms with E-state index in [1.54, 1.807) is 0 Å². The lowest BCUT2D eigenvalue weighted by atomic mass is 10.1. The van der Waals surface area contributed by atoms with Crippen molar-refractivity contribution in [2.45, 2.75) is 33.4 Å². The van der Waals surface area contributed by atoms with Gasteiger partial charge >= 0.3 is 0 Å². The molecule has 0 fully saturated rings. The number of carbonyl (C=O) groups is 1. The molecule has 5 heteroatoms. The Morgan fingerprint density at radius 3 is 2.57 bits per heavy atom. The highest BCUT2D eigenvalue weighted by molar-refractivity contribution is 9.10. The second-order valence-corrected chi connectivity index (χ2v) is 8.59. The summed E-state index contributed by atoms with van der Waals surface area (Å²) in [6.07, 6.45) is 0. The quantitative estimate of drug-likeness (QED) is 0.398. The number of carbonyl (C=O) groups excluding carboxylic acids is 1. The van der Waals surface area contributed by atoms with Crippen molar-refractivity contribution in [1.82, 2.24) is 14.9 Å². The molecule has 0 aliphatic heterocycles. The molecule has 0 spiro atoms. The standard InChI is InChI=1S/C25H24BrN3O/c1-16-8-9-17(2)20(14-16)15-29-23-7-5-4-6-22(23)28-24(29)18(3)27-25(30)19-10-12-21(26)13-11-19/h4-14,18H,15H2,1-3H3,(H,27,30). The molecule has 4 nitrogen and oxygen atoms in total. The van der Waals surface area contributed by atoms with Crippen LogP contribution in [-0.4, -0.2) is 15.5 Å². The number of fused-ring (bicyclic) bond motifs is 1. The van der Waals surface area contributed by atoms with Crippen LogP contribution in [0.3, 0.4) is 0 Å². The van der Waals surface area contributed by atoms with Crippen molar-refractivity contribution in [3.05, 3.63) is 99.3 Å². The summed E-state index contributed by atoms with van der Waals surface area (Å²) < 4.78 is 3.16. The van der Waals surface area contributed by atoms with E-state index in [2.05, 4.69) is 63.9 Å². The van der Waals surface area contributed by atoms with Crippen LogP contribution in [0.4, 0.5) is 0 Å². The Bertz CT molecular complexity index is 1210. The molecule has 1 amide bonds. The number of imidazole rings is 1. The molecule has 0 aliphatic carbocycles. The van der Waals surface area contributed by atoms with Crippen LogP contribution < -0.4 is 5.32 Å². The SMILES string of the molecule is Cc1ccc(C)c(Cn2c(C(C)NC(=O)c3ccc(Br)cc3)nc3ccccc32)c1. The monoisotopic (exact) mass is 461 g/mol. The Balaban J connectivity index is 1.69. The molecule has 1 atom stereocenters. The molecule has 30 heavy (non-hydrogen) atoms. The van der Waals surface area contributed by atoms with Gasteiger partial charge in [0.1, 0.15) is 5.82 Å². The van der Waals surface area contributed by atoms with Gasteiger partial charge in [0.2, 0.25) is 0 Å². The van der Waals surface area contributed by atoms with E-state index in [1.165, 1.54) is 16.7 Å². The average molecular weight is 462 g/mol. The molecular formula is C25H24BrN3O. The van der Waals surface area contributed by atoms with Gasteiger partial charge in [0.25, 0.3) is 5.91 Å².